The molecule has 3 aromatic rings. The van der Waals surface area contributed by atoms with E-state index in [0.717, 1.165) is 18.6 Å². The Balaban J connectivity index is 2.07. The van der Waals surface area contributed by atoms with E-state index in [1.165, 1.54) is 33.3 Å². The molecule has 4 rings (SSSR count). The smallest absolute Gasteiger partial charge is 0.119 e. The van der Waals surface area contributed by atoms with Gasteiger partial charge in [-0.2, -0.15) is 0 Å². The van der Waals surface area contributed by atoms with Gasteiger partial charge in [-0.25, -0.2) is 0 Å². The first kappa shape index (κ1) is 10.7. The van der Waals surface area contributed by atoms with E-state index in [4.69, 9.17) is 4.74 Å². The molecule has 1 aliphatic rings. The highest BCUT2D eigenvalue weighted by molar-refractivity contribution is 5.99. The molecule has 1 aliphatic carbocycles. The van der Waals surface area contributed by atoms with Crippen molar-refractivity contribution in [2.75, 3.05) is 7.11 Å². The average Bonchev–Trinajstić information content (AvgIpc) is 2.85. The normalized spacial score (nSPS) is 13.1. The monoisotopic (exact) mass is 249 g/mol. The molecule has 1 heterocycles. The summed E-state index contributed by atoms with van der Waals surface area (Å²) in [6, 6.07) is 14.9. The molecule has 0 saturated carbocycles. The highest BCUT2D eigenvalue weighted by atomic mass is 16.5. The van der Waals surface area contributed by atoms with E-state index in [1.807, 2.05) is 6.07 Å². The SMILES string of the molecule is COc1ccc2[nH]c3c(c2c1)-c1ccccc1CC3. The summed E-state index contributed by atoms with van der Waals surface area (Å²) in [5.41, 5.74) is 6.71. The lowest BCUT2D eigenvalue weighted by Crippen LogP contribution is -2.02. The number of rotatable bonds is 1. The summed E-state index contributed by atoms with van der Waals surface area (Å²) < 4.78 is 5.36. The molecule has 0 fully saturated rings. The van der Waals surface area contributed by atoms with Gasteiger partial charge in [0.2, 0.25) is 0 Å². The van der Waals surface area contributed by atoms with Crippen LogP contribution in [-0.2, 0) is 12.8 Å². The minimum atomic E-state index is 0.914. The molecule has 0 spiro atoms. The van der Waals surface area contributed by atoms with Gasteiger partial charge in [-0.1, -0.05) is 24.3 Å². The van der Waals surface area contributed by atoms with Crippen molar-refractivity contribution in [1.82, 2.24) is 4.98 Å². The molecular formula is C17H15NO. The molecule has 94 valence electrons. The lowest BCUT2D eigenvalue weighted by Gasteiger charge is -2.16. The van der Waals surface area contributed by atoms with Crippen LogP contribution in [0.4, 0.5) is 0 Å². The fourth-order valence-electron chi connectivity index (χ4n) is 3.09. The quantitative estimate of drug-likeness (QED) is 0.694. The summed E-state index contributed by atoms with van der Waals surface area (Å²) in [5, 5.41) is 1.27. The Bertz CT molecular complexity index is 770. The summed E-state index contributed by atoms with van der Waals surface area (Å²) in [4.78, 5) is 3.55. The van der Waals surface area contributed by atoms with Gasteiger partial charge in [0.05, 0.1) is 7.11 Å². The van der Waals surface area contributed by atoms with Gasteiger partial charge < -0.3 is 9.72 Å². The summed E-state index contributed by atoms with van der Waals surface area (Å²) in [5.74, 6) is 0.914. The van der Waals surface area contributed by atoms with Crippen LogP contribution in [0.2, 0.25) is 0 Å². The number of methoxy groups -OCH3 is 1. The molecule has 0 bridgehead atoms. The largest absolute Gasteiger partial charge is 0.497 e. The second-order valence-electron chi connectivity index (χ2n) is 5.05. The number of aromatic nitrogens is 1. The maximum atomic E-state index is 5.36. The topological polar surface area (TPSA) is 25.0 Å². The minimum Gasteiger partial charge on any atom is -0.497 e. The molecule has 0 unspecified atom stereocenters. The Morgan fingerprint density at radius 2 is 1.95 bits per heavy atom. The van der Waals surface area contributed by atoms with Crippen molar-refractivity contribution in [3.63, 3.8) is 0 Å². The molecular weight excluding hydrogens is 234 g/mol. The van der Waals surface area contributed by atoms with Crippen LogP contribution in [0.25, 0.3) is 22.0 Å². The number of nitrogens with one attached hydrogen (secondary N) is 1. The summed E-state index contributed by atoms with van der Waals surface area (Å²) >= 11 is 0. The number of aromatic amines is 1. The van der Waals surface area contributed by atoms with Crippen LogP contribution in [-0.4, -0.2) is 12.1 Å². The Morgan fingerprint density at radius 3 is 2.84 bits per heavy atom. The van der Waals surface area contributed by atoms with Gasteiger partial charge in [-0.3, -0.25) is 0 Å². The Labute approximate surface area is 112 Å². The molecule has 0 radical (unpaired) electrons. The first-order chi connectivity index (χ1) is 9.36. The third kappa shape index (κ3) is 1.49. The molecule has 0 atom stereocenters. The Morgan fingerprint density at radius 1 is 1.05 bits per heavy atom. The van der Waals surface area contributed by atoms with Crippen LogP contribution in [0, 0.1) is 0 Å². The standard InChI is InChI=1S/C17H15NO/c1-19-12-7-9-15-14(10-12)17-13-5-3-2-4-11(13)6-8-16(17)18-15/h2-5,7,9-10,18H,6,8H2,1H3. The number of fused-ring (bicyclic) bond motifs is 5. The molecule has 1 aromatic heterocycles. The highest BCUT2D eigenvalue weighted by Crippen LogP contribution is 2.39. The van der Waals surface area contributed by atoms with E-state index in [1.54, 1.807) is 7.11 Å². The second kappa shape index (κ2) is 3.89. The highest BCUT2D eigenvalue weighted by Gasteiger charge is 2.20. The van der Waals surface area contributed by atoms with Crippen molar-refractivity contribution < 1.29 is 4.74 Å². The molecule has 2 nitrogen and oxygen atoms in total. The molecule has 2 heteroatoms. The van der Waals surface area contributed by atoms with Crippen molar-refractivity contribution in [1.29, 1.82) is 0 Å². The fraction of sp³-hybridized carbons (Fsp3) is 0.176. The average molecular weight is 249 g/mol. The fourth-order valence-corrected chi connectivity index (χ4v) is 3.09. The first-order valence-electron chi connectivity index (χ1n) is 6.63. The maximum Gasteiger partial charge on any atom is 0.119 e. The van der Waals surface area contributed by atoms with Crippen LogP contribution in [0.3, 0.4) is 0 Å². The van der Waals surface area contributed by atoms with Gasteiger partial charge in [0.15, 0.2) is 0 Å². The zero-order valence-electron chi connectivity index (χ0n) is 10.9. The number of benzene rings is 2. The summed E-state index contributed by atoms with van der Waals surface area (Å²) in [6.45, 7) is 0. The van der Waals surface area contributed by atoms with Gasteiger partial charge in [-0.05, 0) is 42.2 Å². The zero-order valence-corrected chi connectivity index (χ0v) is 10.9. The predicted molar refractivity (Wildman–Crippen MR) is 77.7 cm³/mol. The third-order valence-electron chi connectivity index (χ3n) is 4.01. The summed E-state index contributed by atoms with van der Waals surface area (Å²) in [7, 11) is 1.72. The molecule has 1 N–H and O–H groups in total. The molecule has 19 heavy (non-hydrogen) atoms. The van der Waals surface area contributed by atoms with Gasteiger partial charge >= 0.3 is 0 Å². The van der Waals surface area contributed by atoms with Gasteiger partial charge in [0, 0.05) is 22.2 Å². The van der Waals surface area contributed by atoms with Crippen molar-refractivity contribution >= 4 is 10.9 Å². The van der Waals surface area contributed by atoms with E-state index >= 15 is 0 Å². The van der Waals surface area contributed by atoms with E-state index < -0.39 is 0 Å². The zero-order chi connectivity index (χ0) is 12.8. The second-order valence-corrected chi connectivity index (χ2v) is 5.05. The van der Waals surface area contributed by atoms with Crippen molar-refractivity contribution in [3.05, 3.63) is 53.7 Å². The number of hydrogen-bond donors (Lipinski definition) is 1. The van der Waals surface area contributed by atoms with Crippen LogP contribution in [0.1, 0.15) is 11.3 Å². The van der Waals surface area contributed by atoms with Crippen LogP contribution < -0.4 is 4.74 Å². The Hall–Kier alpha value is -2.22. The van der Waals surface area contributed by atoms with Crippen molar-refractivity contribution in [3.8, 4) is 16.9 Å². The molecule has 0 aliphatic heterocycles. The van der Waals surface area contributed by atoms with Crippen molar-refractivity contribution in [2.24, 2.45) is 0 Å². The molecule has 0 amide bonds. The van der Waals surface area contributed by atoms with E-state index in [0.29, 0.717) is 0 Å². The minimum absolute atomic E-state index is 0.914. The first-order valence-corrected chi connectivity index (χ1v) is 6.63. The number of H-pyrrole nitrogens is 1. The lowest BCUT2D eigenvalue weighted by atomic mass is 9.88. The van der Waals surface area contributed by atoms with E-state index in [9.17, 15) is 0 Å². The maximum absolute atomic E-state index is 5.36. The van der Waals surface area contributed by atoms with Crippen molar-refractivity contribution in [2.45, 2.75) is 12.8 Å². The van der Waals surface area contributed by atoms with E-state index in [2.05, 4.69) is 41.4 Å². The van der Waals surface area contributed by atoms with E-state index in [-0.39, 0.29) is 0 Å². The lowest BCUT2D eigenvalue weighted by molar-refractivity contribution is 0.415. The third-order valence-corrected chi connectivity index (χ3v) is 4.01. The predicted octanol–water partition coefficient (Wildman–Crippen LogP) is 3.94. The van der Waals surface area contributed by atoms with Crippen LogP contribution in [0.15, 0.2) is 42.5 Å². The Kier molecular flexibility index (Phi) is 2.18. The number of ether oxygens (including phenoxy) is 1. The molecule has 2 aromatic carbocycles. The molecule has 0 saturated heterocycles. The summed E-state index contributed by atoms with van der Waals surface area (Å²) in [6.07, 6.45) is 2.20. The van der Waals surface area contributed by atoms with Crippen LogP contribution in [0.5, 0.6) is 5.75 Å². The number of hydrogen-bond acceptors (Lipinski definition) is 1. The van der Waals surface area contributed by atoms with Gasteiger partial charge in [-0.15, -0.1) is 0 Å². The van der Waals surface area contributed by atoms with Gasteiger partial charge in [0.1, 0.15) is 5.75 Å². The van der Waals surface area contributed by atoms with Crippen LogP contribution >= 0.6 is 0 Å². The number of aryl methyl sites for hydroxylation is 2. The van der Waals surface area contributed by atoms with Gasteiger partial charge in [0.25, 0.3) is 0 Å².